The molecule has 5 nitrogen and oxygen atoms in total. The summed E-state index contributed by atoms with van der Waals surface area (Å²) < 4.78 is 33.5. The number of hydrogen-bond acceptors (Lipinski definition) is 4. The van der Waals surface area contributed by atoms with Gasteiger partial charge in [0.1, 0.15) is 5.75 Å². The summed E-state index contributed by atoms with van der Waals surface area (Å²) in [5, 5.41) is 0. The Morgan fingerprint density at radius 2 is 1.91 bits per heavy atom. The third kappa shape index (κ3) is 6.26. The number of para-hydroxylation sites is 1. The standard InChI is InChI=1S/C25H33F2N3O2/c1-28(2)14-15-30(25(31)21-10-6-11-22(26)24(21)27)17-19-8-7-13-29(16-19)18-20-9-4-5-12-23(20)32-3/h4-6,9-12,19H,7-8,13-18H2,1-3H3/t19-/m0/s1. The van der Waals surface area contributed by atoms with Crippen molar-refractivity contribution in [3.63, 3.8) is 0 Å². The van der Waals surface area contributed by atoms with E-state index in [2.05, 4.69) is 11.0 Å². The first-order valence-electron chi connectivity index (χ1n) is 11.1. The van der Waals surface area contributed by atoms with Gasteiger partial charge in [-0.05, 0) is 57.6 Å². The SMILES string of the molecule is COc1ccccc1CN1CCC[C@H](CN(CCN(C)C)C(=O)c2cccc(F)c2F)C1. The van der Waals surface area contributed by atoms with Crippen LogP contribution >= 0.6 is 0 Å². The number of amides is 1. The van der Waals surface area contributed by atoms with Crippen LogP contribution in [0.4, 0.5) is 8.78 Å². The van der Waals surface area contributed by atoms with Gasteiger partial charge in [0.2, 0.25) is 0 Å². The molecule has 0 aliphatic carbocycles. The Balaban J connectivity index is 1.71. The molecule has 0 saturated carbocycles. The lowest BCUT2D eigenvalue weighted by atomic mass is 9.96. The van der Waals surface area contributed by atoms with E-state index in [0.29, 0.717) is 19.6 Å². The maximum absolute atomic E-state index is 14.3. The van der Waals surface area contributed by atoms with Gasteiger partial charge in [-0.25, -0.2) is 8.78 Å². The number of likely N-dealkylation sites (tertiary alicyclic amines) is 1. The maximum Gasteiger partial charge on any atom is 0.256 e. The second kappa shape index (κ2) is 11.4. The van der Waals surface area contributed by atoms with Crippen molar-refractivity contribution >= 4 is 5.91 Å². The number of rotatable bonds is 9. The molecule has 1 heterocycles. The van der Waals surface area contributed by atoms with Gasteiger partial charge in [-0.1, -0.05) is 24.3 Å². The molecule has 174 valence electrons. The second-order valence-corrected chi connectivity index (χ2v) is 8.71. The lowest BCUT2D eigenvalue weighted by Crippen LogP contribution is -2.44. The van der Waals surface area contributed by atoms with Gasteiger partial charge >= 0.3 is 0 Å². The highest BCUT2D eigenvalue weighted by molar-refractivity contribution is 5.94. The Kier molecular flexibility index (Phi) is 8.59. The number of piperidine rings is 1. The summed E-state index contributed by atoms with van der Waals surface area (Å²) in [6.45, 7) is 4.25. The summed E-state index contributed by atoms with van der Waals surface area (Å²) in [5.74, 6) is -1.39. The lowest BCUT2D eigenvalue weighted by Gasteiger charge is -2.36. The van der Waals surface area contributed by atoms with E-state index in [1.165, 1.54) is 12.1 Å². The molecule has 1 fully saturated rings. The minimum Gasteiger partial charge on any atom is -0.496 e. The van der Waals surface area contributed by atoms with Crippen LogP contribution in [0, 0.1) is 17.6 Å². The maximum atomic E-state index is 14.3. The first-order chi connectivity index (χ1) is 15.4. The number of halogens is 2. The second-order valence-electron chi connectivity index (χ2n) is 8.71. The van der Waals surface area contributed by atoms with Crippen LogP contribution in [0.15, 0.2) is 42.5 Å². The van der Waals surface area contributed by atoms with Gasteiger partial charge < -0.3 is 14.5 Å². The zero-order chi connectivity index (χ0) is 23.1. The van der Waals surface area contributed by atoms with Crippen LogP contribution < -0.4 is 4.74 Å². The molecule has 2 aromatic carbocycles. The summed E-state index contributed by atoms with van der Waals surface area (Å²) >= 11 is 0. The Bertz CT molecular complexity index is 907. The Morgan fingerprint density at radius 3 is 2.66 bits per heavy atom. The van der Waals surface area contributed by atoms with Crippen LogP contribution in [0.3, 0.4) is 0 Å². The highest BCUT2D eigenvalue weighted by Gasteiger charge is 2.27. The summed E-state index contributed by atoms with van der Waals surface area (Å²) in [7, 11) is 5.54. The number of carbonyl (C=O) groups is 1. The summed E-state index contributed by atoms with van der Waals surface area (Å²) in [5.41, 5.74) is 0.934. The van der Waals surface area contributed by atoms with Gasteiger partial charge in [-0.15, -0.1) is 0 Å². The zero-order valence-electron chi connectivity index (χ0n) is 19.2. The Hall–Kier alpha value is -2.51. The predicted molar refractivity (Wildman–Crippen MR) is 122 cm³/mol. The van der Waals surface area contributed by atoms with Crippen LogP contribution in [0.1, 0.15) is 28.8 Å². The smallest absolute Gasteiger partial charge is 0.256 e. The van der Waals surface area contributed by atoms with Crippen LogP contribution in [0.2, 0.25) is 0 Å². The number of methoxy groups -OCH3 is 1. The van der Waals surface area contributed by atoms with Crippen molar-refractivity contribution < 1.29 is 18.3 Å². The van der Waals surface area contributed by atoms with Crippen molar-refractivity contribution in [2.45, 2.75) is 19.4 Å². The fraction of sp³-hybridized carbons (Fsp3) is 0.480. The van der Waals surface area contributed by atoms with Crippen LogP contribution in [0.25, 0.3) is 0 Å². The van der Waals surface area contributed by atoms with Crippen molar-refractivity contribution in [2.24, 2.45) is 5.92 Å². The number of hydrogen-bond donors (Lipinski definition) is 0. The van der Waals surface area contributed by atoms with E-state index >= 15 is 0 Å². The molecule has 0 aromatic heterocycles. The Morgan fingerprint density at radius 1 is 1.12 bits per heavy atom. The average Bonchev–Trinajstić information content (AvgIpc) is 2.78. The number of nitrogens with zero attached hydrogens (tertiary/aromatic N) is 3. The molecule has 0 bridgehead atoms. The number of benzene rings is 2. The van der Waals surface area contributed by atoms with Crippen molar-refractivity contribution in [3.8, 4) is 5.75 Å². The van der Waals surface area contributed by atoms with E-state index in [4.69, 9.17) is 4.74 Å². The third-order valence-electron chi connectivity index (χ3n) is 5.95. The molecular formula is C25H33F2N3O2. The molecule has 1 aliphatic rings. The van der Waals surface area contributed by atoms with Crippen LogP contribution in [0.5, 0.6) is 5.75 Å². The molecule has 7 heteroatoms. The fourth-order valence-electron chi connectivity index (χ4n) is 4.27. The molecule has 1 saturated heterocycles. The van der Waals surface area contributed by atoms with Crippen molar-refractivity contribution in [2.75, 3.05) is 53.9 Å². The van der Waals surface area contributed by atoms with Gasteiger partial charge in [0, 0.05) is 38.3 Å². The molecule has 1 aliphatic heterocycles. The van der Waals surface area contributed by atoms with Crippen molar-refractivity contribution in [1.29, 1.82) is 0 Å². The molecule has 0 spiro atoms. The topological polar surface area (TPSA) is 36.0 Å². The van der Waals surface area contributed by atoms with Gasteiger partial charge in [0.25, 0.3) is 5.91 Å². The summed E-state index contributed by atoms with van der Waals surface area (Å²) in [4.78, 5) is 19.2. The van der Waals surface area contributed by atoms with E-state index in [-0.39, 0.29) is 11.5 Å². The van der Waals surface area contributed by atoms with Crippen molar-refractivity contribution in [1.82, 2.24) is 14.7 Å². The molecule has 0 N–H and O–H groups in total. The molecule has 1 atom stereocenters. The fourth-order valence-corrected chi connectivity index (χ4v) is 4.27. The lowest BCUT2D eigenvalue weighted by molar-refractivity contribution is 0.0654. The average molecular weight is 446 g/mol. The summed E-state index contributed by atoms with van der Waals surface area (Å²) in [6, 6.07) is 11.8. The van der Waals surface area contributed by atoms with Crippen LogP contribution in [-0.4, -0.2) is 74.5 Å². The quantitative estimate of drug-likeness (QED) is 0.587. The summed E-state index contributed by atoms with van der Waals surface area (Å²) in [6.07, 6.45) is 2.03. The normalized spacial score (nSPS) is 16.9. The number of carbonyl (C=O) groups excluding carboxylic acids is 1. The molecule has 3 rings (SSSR count). The monoisotopic (exact) mass is 445 g/mol. The molecule has 32 heavy (non-hydrogen) atoms. The first-order valence-corrected chi connectivity index (χ1v) is 11.1. The highest BCUT2D eigenvalue weighted by Crippen LogP contribution is 2.24. The molecule has 0 unspecified atom stereocenters. The highest BCUT2D eigenvalue weighted by atomic mass is 19.2. The van der Waals surface area contributed by atoms with Gasteiger partial charge in [0.15, 0.2) is 11.6 Å². The van der Waals surface area contributed by atoms with E-state index < -0.39 is 17.5 Å². The van der Waals surface area contributed by atoms with Gasteiger partial charge in [-0.3, -0.25) is 9.69 Å². The zero-order valence-corrected chi connectivity index (χ0v) is 19.2. The largest absolute Gasteiger partial charge is 0.496 e. The van der Waals surface area contributed by atoms with E-state index in [9.17, 15) is 13.6 Å². The first kappa shape index (κ1) is 24.1. The number of likely N-dealkylation sites (N-methyl/N-ethyl adjacent to an activating group) is 1. The van der Waals surface area contributed by atoms with E-state index in [1.54, 1.807) is 12.0 Å². The molecule has 2 aromatic rings. The van der Waals surface area contributed by atoms with E-state index in [0.717, 1.165) is 49.9 Å². The minimum absolute atomic E-state index is 0.203. The van der Waals surface area contributed by atoms with Crippen molar-refractivity contribution in [3.05, 3.63) is 65.2 Å². The minimum atomic E-state index is -1.08. The Labute approximate surface area is 189 Å². The van der Waals surface area contributed by atoms with Gasteiger partial charge in [0.05, 0.1) is 12.7 Å². The third-order valence-corrected chi connectivity index (χ3v) is 5.95. The van der Waals surface area contributed by atoms with E-state index in [1.807, 2.05) is 37.2 Å². The number of ether oxygens (including phenoxy) is 1. The van der Waals surface area contributed by atoms with Gasteiger partial charge in [-0.2, -0.15) is 0 Å². The van der Waals surface area contributed by atoms with Crippen LogP contribution in [-0.2, 0) is 6.54 Å². The molecule has 0 radical (unpaired) electrons. The predicted octanol–water partition coefficient (Wildman–Crippen LogP) is 3.89. The molecular weight excluding hydrogens is 412 g/mol. The molecule has 1 amide bonds.